The molecular weight excluding hydrogens is 487 g/mol. The Hall–Kier alpha value is -4.02. The fourth-order valence-corrected chi connectivity index (χ4v) is 6.54. The summed E-state index contributed by atoms with van der Waals surface area (Å²) in [6.45, 7) is 1.95. The predicted molar refractivity (Wildman–Crippen MR) is 140 cm³/mol. The molecule has 0 bridgehead atoms. The standard InChI is InChI=1S/C28H25BN2O7/c1-2-15-12-22-25(28(34)30(27(22)33)16-6-5-7-17(13-16)31(36)37)21-14-24(38-29(35)26(15)21)20-10-11-23(32)19-9-4-3-8-18(19)20/h3-11,13,21-22,24-25,32,35H,2,12,14H2,1H3/t21-,22-,24-,25+/m0/s1. The van der Waals surface area contributed by atoms with Crippen LogP contribution in [-0.4, -0.2) is 34.0 Å². The number of nitrogens with zero attached hydrogens (tertiary/aromatic N) is 2. The molecule has 0 aromatic heterocycles. The molecule has 0 spiro atoms. The van der Waals surface area contributed by atoms with Gasteiger partial charge >= 0.3 is 7.12 Å². The molecule has 192 valence electrons. The van der Waals surface area contributed by atoms with Gasteiger partial charge in [0.05, 0.1) is 28.6 Å². The number of carbonyl (C=O) groups excluding carboxylic acids is 2. The zero-order valence-corrected chi connectivity index (χ0v) is 20.6. The average molecular weight is 512 g/mol. The fourth-order valence-electron chi connectivity index (χ4n) is 6.54. The number of allylic oxidation sites excluding steroid dienone is 2. The van der Waals surface area contributed by atoms with Crippen molar-refractivity contribution in [1.82, 2.24) is 0 Å². The van der Waals surface area contributed by atoms with Crippen LogP contribution in [0.4, 0.5) is 11.4 Å². The van der Waals surface area contributed by atoms with Gasteiger partial charge in [0, 0.05) is 17.5 Å². The maximum atomic E-state index is 13.8. The molecule has 3 aromatic rings. The number of benzene rings is 3. The number of fused-ring (bicyclic) bond motifs is 4. The molecule has 2 heterocycles. The number of carbonyl (C=O) groups is 2. The summed E-state index contributed by atoms with van der Waals surface area (Å²) < 4.78 is 6.12. The Morgan fingerprint density at radius 3 is 2.55 bits per heavy atom. The van der Waals surface area contributed by atoms with E-state index in [0.717, 1.165) is 21.4 Å². The van der Waals surface area contributed by atoms with E-state index in [-0.39, 0.29) is 23.0 Å². The highest BCUT2D eigenvalue weighted by Crippen LogP contribution is 2.53. The number of amides is 2. The van der Waals surface area contributed by atoms with Crippen molar-refractivity contribution in [2.45, 2.75) is 32.3 Å². The number of nitro benzene ring substituents is 1. The van der Waals surface area contributed by atoms with Gasteiger partial charge in [-0.25, -0.2) is 4.90 Å². The molecule has 4 atom stereocenters. The predicted octanol–water partition coefficient (Wildman–Crippen LogP) is 4.47. The zero-order chi connectivity index (χ0) is 26.7. The number of rotatable bonds is 4. The minimum absolute atomic E-state index is 0.136. The molecule has 6 rings (SSSR count). The Bertz CT molecular complexity index is 1540. The monoisotopic (exact) mass is 512 g/mol. The van der Waals surface area contributed by atoms with Crippen LogP contribution < -0.4 is 4.90 Å². The first kappa shape index (κ1) is 24.3. The summed E-state index contributed by atoms with van der Waals surface area (Å²) >= 11 is 0. The smallest absolute Gasteiger partial charge is 0.487 e. The van der Waals surface area contributed by atoms with E-state index < -0.39 is 41.8 Å². The molecule has 2 saturated heterocycles. The van der Waals surface area contributed by atoms with Gasteiger partial charge in [0.15, 0.2) is 0 Å². The number of nitro groups is 1. The number of imide groups is 1. The van der Waals surface area contributed by atoms with Crippen molar-refractivity contribution in [2.75, 3.05) is 4.90 Å². The Labute approximate surface area is 218 Å². The Balaban J connectivity index is 1.42. The van der Waals surface area contributed by atoms with E-state index in [9.17, 15) is 29.8 Å². The summed E-state index contributed by atoms with van der Waals surface area (Å²) in [5, 5.41) is 34.3. The van der Waals surface area contributed by atoms with E-state index >= 15 is 0 Å². The molecule has 2 fully saturated rings. The van der Waals surface area contributed by atoms with Gasteiger partial charge < -0.3 is 14.8 Å². The number of hydrogen-bond donors (Lipinski definition) is 2. The Morgan fingerprint density at radius 1 is 1.05 bits per heavy atom. The van der Waals surface area contributed by atoms with Crippen molar-refractivity contribution < 1.29 is 29.3 Å². The quantitative estimate of drug-likeness (QED) is 0.228. The van der Waals surface area contributed by atoms with Crippen LogP contribution >= 0.6 is 0 Å². The number of phenols is 1. The van der Waals surface area contributed by atoms with Crippen molar-refractivity contribution in [1.29, 1.82) is 0 Å². The van der Waals surface area contributed by atoms with E-state index in [2.05, 4.69) is 0 Å². The Morgan fingerprint density at radius 2 is 1.82 bits per heavy atom. The molecule has 10 heteroatoms. The summed E-state index contributed by atoms with van der Waals surface area (Å²) in [7, 11) is -1.24. The van der Waals surface area contributed by atoms with E-state index in [4.69, 9.17) is 4.65 Å². The highest BCUT2D eigenvalue weighted by atomic mass is 16.6. The minimum Gasteiger partial charge on any atom is -0.507 e. The molecule has 3 aromatic carbocycles. The van der Waals surface area contributed by atoms with Crippen LogP contribution in [0.2, 0.25) is 0 Å². The molecule has 0 radical (unpaired) electrons. The van der Waals surface area contributed by atoms with Crippen LogP contribution in [0.1, 0.15) is 37.9 Å². The van der Waals surface area contributed by atoms with Crippen molar-refractivity contribution >= 4 is 41.1 Å². The van der Waals surface area contributed by atoms with Gasteiger partial charge in [-0.3, -0.25) is 19.7 Å². The van der Waals surface area contributed by atoms with Gasteiger partial charge in [-0.1, -0.05) is 48.9 Å². The van der Waals surface area contributed by atoms with Gasteiger partial charge in [-0.15, -0.1) is 0 Å². The van der Waals surface area contributed by atoms with Crippen LogP contribution in [0.25, 0.3) is 10.8 Å². The summed E-state index contributed by atoms with van der Waals surface area (Å²) in [5.74, 6) is -2.43. The molecule has 38 heavy (non-hydrogen) atoms. The second-order valence-corrected chi connectivity index (χ2v) is 10.1. The van der Waals surface area contributed by atoms with Crippen LogP contribution in [-0.2, 0) is 14.2 Å². The molecular formula is C28H25BN2O7. The van der Waals surface area contributed by atoms with Gasteiger partial charge in [0.25, 0.3) is 5.69 Å². The van der Waals surface area contributed by atoms with Crippen molar-refractivity contribution in [2.24, 2.45) is 17.8 Å². The van der Waals surface area contributed by atoms with Crippen LogP contribution in [0, 0.1) is 27.9 Å². The lowest BCUT2D eigenvalue weighted by atomic mass is 9.55. The maximum absolute atomic E-state index is 13.8. The highest BCUT2D eigenvalue weighted by molar-refractivity contribution is 6.53. The molecule has 0 unspecified atom stereocenters. The third-order valence-corrected chi connectivity index (χ3v) is 8.22. The van der Waals surface area contributed by atoms with Crippen LogP contribution in [0.3, 0.4) is 0 Å². The summed E-state index contributed by atoms with van der Waals surface area (Å²) in [6, 6.07) is 16.3. The lowest BCUT2D eigenvalue weighted by Gasteiger charge is -2.42. The average Bonchev–Trinajstić information content (AvgIpc) is 3.17. The number of phenolic OH excluding ortho intramolecular Hbond substituents is 1. The number of non-ortho nitro benzene ring substituents is 1. The second kappa shape index (κ2) is 9.07. The fraction of sp³-hybridized carbons (Fsp3) is 0.286. The molecule has 1 aliphatic carbocycles. The molecule has 0 saturated carbocycles. The lowest BCUT2D eigenvalue weighted by Crippen LogP contribution is -2.44. The third-order valence-electron chi connectivity index (χ3n) is 8.22. The first-order valence-corrected chi connectivity index (χ1v) is 12.7. The van der Waals surface area contributed by atoms with Crippen molar-refractivity contribution in [3.05, 3.63) is 87.4 Å². The number of hydrogen-bond acceptors (Lipinski definition) is 7. The second-order valence-electron chi connectivity index (χ2n) is 10.1. The normalized spacial score (nSPS) is 25.1. The summed E-state index contributed by atoms with van der Waals surface area (Å²) in [5.41, 5.74) is 2.32. The first-order chi connectivity index (χ1) is 18.3. The zero-order valence-electron chi connectivity index (χ0n) is 20.6. The lowest BCUT2D eigenvalue weighted by molar-refractivity contribution is -0.384. The highest BCUT2D eigenvalue weighted by Gasteiger charge is 2.58. The Kier molecular flexibility index (Phi) is 5.81. The largest absolute Gasteiger partial charge is 0.507 e. The molecule has 9 nitrogen and oxygen atoms in total. The third kappa shape index (κ3) is 3.63. The van der Waals surface area contributed by atoms with Crippen molar-refractivity contribution in [3.63, 3.8) is 0 Å². The topological polar surface area (TPSA) is 130 Å². The minimum atomic E-state index is -1.24. The van der Waals surface area contributed by atoms with Gasteiger partial charge in [0.2, 0.25) is 11.8 Å². The number of anilines is 1. The van der Waals surface area contributed by atoms with Gasteiger partial charge in [-0.05, 0) is 53.7 Å². The summed E-state index contributed by atoms with van der Waals surface area (Å²) in [4.78, 5) is 39.3. The van der Waals surface area contributed by atoms with Crippen molar-refractivity contribution in [3.8, 4) is 5.75 Å². The number of aromatic hydroxyl groups is 1. The molecule has 3 aliphatic rings. The maximum Gasteiger partial charge on any atom is 0.487 e. The van der Waals surface area contributed by atoms with E-state index in [1.807, 2.05) is 25.1 Å². The SMILES string of the molecule is CCC1=C2B(O)O[C@H](c3ccc(O)c4ccccc34)C[C@H]2[C@H]2C(=O)N(c3cccc([N+](=O)[O-])c3)C(=O)[C@H]2C1. The summed E-state index contributed by atoms with van der Waals surface area (Å²) in [6.07, 6.45) is 0.723. The van der Waals surface area contributed by atoms with Gasteiger partial charge in [0.1, 0.15) is 5.75 Å². The van der Waals surface area contributed by atoms with E-state index in [1.54, 1.807) is 18.2 Å². The van der Waals surface area contributed by atoms with E-state index in [1.165, 1.54) is 24.3 Å². The first-order valence-electron chi connectivity index (χ1n) is 12.7. The molecule has 2 amide bonds. The van der Waals surface area contributed by atoms with Crippen LogP contribution in [0.5, 0.6) is 5.75 Å². The van der Waals surface area contributed by atoms with E-state index in [0.29, 0.717) is 30.1 Å². The van der Waals surface area contributed by atoms with Gasteiger partial charge in [-0.2, -0.15) is 0 Å². The molecule has 2 aliphatic heterocycles. The van der Waals surface area contributed by atoms with Crippen LogP contribution in [0.15, 0.2) is 71.7 Å². The molecule has 2 N–H and O–H groups in total.